The van der Waals surface area contributed by atoms with Crippen molar-refractivity contribution in [1.82, 2.24) is 10.3 Å². The van der Waals surface area contributed by atoms with Gasteiger partial charge in [0.25, 0.3) is 0 Å². The third-order valence-corrected chi connectivity index (χ3v) is 4.81. The molecule has 4 nitrogen and oxygen atoms in total. The van der Waals surface area contributed by atoms with Gasteiger partial charge in [-0.1, -0.05) is 29.8 Å². The van der Waals surface area contributed by atoms with Gasteiger partial charge in [0.2, 0.25) is 11.8 Å². The Hall–Kier alpha value is -2.11. The largest absolute Gasteiger partial charge is 0.440 e. The highest BCUT2D eigenvalue weighted by atomic mass is 35.5. The summed E-state index contributed by atoms with van der Waals surface area (Å²) in [4.78, 5) is 17.7. The predicted molar refractivity (Wildman–Crippen MR) is 96.3 cm³/mol. The van der Waals surface area contributed by atoms with Gasteiger partial charge >= 0.3 is 0 Å². The summed E-state index contributed by atoms with van der Waals surface area (Å²) >= 11 is 7.44. The number of carbonyl (C=O) groups excluding carboxylic acids is 1. The highest BCUT2D eigenvalue weighted by Crippen LogP contribution is 2.26. The first-order chi connectivity index (χ1) is 11.5. The van der Waals surface area contributed by atoms with Crippen molar-refractivity contribution in [3.05, 3.63) is 63.8 Å². The Morgan fingerprint density at radius 1 is 1.33 bits per heavy atom. The zero-order valence-electron chi connectivity index (χ0n) is 13.4. The van der Waals surface area contributed by atoms with E-state index in [1.165, 1.54) is 0 Å². The van der Waals surface area contributed by atoms with Crippen molar-refractivity contribution < 1.29 is 9.21 Å². The molecule has 0 radical (unpaired) electrons. The number of hydrogen-bond donors (Lipinski definition) is 1. The number of thiophene rings is 1. The molecule has 0 spiro atoms. The summed E-state index contributed by atoms with van der Waals surface area (Å²) in [6, 6.07) is 11.2. The van der Waals surface area contributed by atoms with Gasteiger partial charge in [0.05, 0.1) is 23.0 Å². The Labute approximate surface area is 149 Å². The average molecular weight is 361 g/mol. The molecule has 0 bridgehead atoms. The fraction of sp³-hybridized carbons (Fsp3) is 0.222. The van der Waals surface area contributed by atoms with E-state index < -0.39 is 0 Å². The smallest absolute Gasteiger partial charge is 0.236 e. The number of aryl methyl sites for hydroxylation is 1. The summed E-state index contributed by atoms with van der Waals surface area (Å²) in [5.41, 5.74) is 1.67. The van der Waals surface area contributed by atoms with Gasteiger partial charge in [-0.2, -0.15) is 0 Å². The van der Waals surface area contributed by atoms with Crippen LogP contribution in [0.15, 0.2) is 46.2 Å². The molecule has 1 unspecified atom stereocenters. The summed E-state index contributed by atoms with van der Waals surface area (Å²) < 4.78 is 5.67. The van der Waals surface area contributed by atoms with Gasteiger partial charge < -0.3 is 9.73 Å². The van der Waals surface area contributed by atoms with Crippen LogP contribution in [-0.4, -0.2) is 10.9 Å². The van der Waals surface area contributed by atoms with Crippen molar-refractivity contribution in [2.24, 2.45) is 0 Å². The van der Waals surface area contributed by atoms with Crippen LogP contribution >= 0.6 is 22.9 Å². The zero-order valence-corrected chi connectivity index (χ0v) is 14.9. The number of aromatic nitrogens is 1. The van der Waals surface area contributed by atoms with E-state index in [4.69, 9.17) is 16.0 Å². The highest BCUT2D eigenvalue weighted by molar-refractivity contribution is 7.13. The number of halogens is 1. The topological polar surface area (TPSA) is 55.1 Å². The Bertz CT molecular complexity index is 825. The van der Waals surface area contributed by atoms with E-state index in [1.807, 2.05) is 55.6 Å². The van der Waals surface area contributed by atoms with Crippen molar-refractivity contribution >= 4 is 28.8 Å². The first-order valence-corrected chi connectivity index (χ1v) is 8.83. The third kappa shape index (κ3) is 3.86. The fourth-order valence-corrected chi connectivity index (χ4v) is 3.15. The lowest BCUT2D eigenvalue weighted by molar-refractivity contribution is -0.121. The number of nitrogens with zero attached hydrogens (tertiary/aromatic N) is 1. The molecule has 0 aliphatic rings. The second-order valence-electron chi connectivity index (χ2n) is 5.52. The molecule has 2 heterocycles. The van der Waals surface area contributed by atoms with Gasteiger partial charge in [0, 0.05) is 5.02 Å². The Morgan fingerprint density at radius 3 is 2.75 bits per heavy atom. The number of carbonyl (C=O) groups is 1. The van der Waals surface area contributed by atoms with E-state index in [2.05, 4.69) is 10.3 Å². The minimum absolute atomic E-state index is 0.0911. The molecule has 2 aromatic heterocycles. The number of rotatable bonds is 5. The molecule has 0 aliphatic heterocycles. The summed E-state index contributed by atoms with van der Waals surface area (Å²) in [5, 5.41) is 5.62. The molecular formula is C18H17ClN2O2S. The van der Waals surface area contributed by atoms with Crippen molar-refractivity contribution in [2.75, 3.05) is 0 Å². The fourth-order valence-electron chi connectivity index (χ4n) is 2.38. The molecule has 1 amide bonds. The van der Waals surface area contributed by atoms with Gasteiger partial charge in [-0.05, 0) is 43.0 Å². The van der Waals surface area contributed by atoms with Crippen LogP contribution in [0.25, 0.3) is 10.8 Å². The van der Waals surface area contributed by atoms with Gasteiger partial charge in [-0.15, -0.1) is 11.3 Å². The second-order valence-corrected chi connectivity index (χ2v) is 6.90. The summed E-state index contributed by atoms with van der Waals surface area (Å²) in [5.74, 6) is 1.15. The average Bonchev–Trinajstić information content (AvgIpc) is 3.18. The van der Waals surface area contributed by atoms with Gasteiger partial charge in [0.1, 0.15) is 5.76 Å². The van der Waals surface area contributed by atoms with Crippen LogP contribution in [0.5, 0.6) is 0 Å². The van der Waals surface area contributed by atoms with Crippen LogP contribution in [0.1, 0.15) is 30.0 Å². The van der Waals surface area contributed by atoms with E-state index in [0.717, 1.165) is 10.4 Å². The molecular weight excluding hydrogens is 344 g/mol. The molecule has 24 heavy (non-hydrogen) atoms. The van der Waals surface area contributed by atoms with Crippen molar-refractivity contribution in [3.63, 3.8) is 0 Å². The monoisotopic (exact) mass is 360 g/mol. The Kier molecular flexibility index (Phi) is 5.02. The van der Waals surface area contributed by atoms with Crippen LogP contribution in [0.3, 0.4) is 0 Å². The summed E-state index contributed by atoms with van der Waals surface area (Å²) in [6.45, 7) is 3.77. The van der Waals surface area contributed by atoms with E-state index in [9.17, 15) is 4.79 Å². The first-order valence-electron chi connectivity index (χ1n) is 7.58. The lowest BCUT2D eigenvalue weighted by Crippen LogP contribution is -2.28. The highest BCUT2D eigenvalue weighted by Gasteiger charge is 2.16. The molecule has 0 saturated heterocycles. The summed E-state index contributed by atoms with van der Waals surface area (Å²) in [6.07, 6.45) is 0.193. The normalized spacial score (nSPS) is 12.1. The minimum Gasteiger partial charge on any atom is -0.440 e. The molecule has 1 aromatic carbocycles. The van der Waals surface area contributed by atoms with E-state index >= 15 is 0 Å². The predicted octanol–water partition coefficient (Wildman–Crippen LogP) is 4.78. The Morgan fingerprint density at radius 2 is 2.08 bits per heavy atom. The van der Waals surface area contributed by atoms with Gasteiger partial charge in [-0.3, -0.25) is 4.79 Å². The summed E-state index contributed by atoms with van der Waals surface area (Å²) in [7, 11) is 0. The first kappa shape index (κ1) is 16.7. The molecule has 1 atom stereocenters. The van der Waals surface area contributed by atoms with E-state index in [1.54, 1.807) is 11.3 Å². The maximum atomic E-state index is 12.3. The second kappa shape index (κ2) is 7.20. The molecule has 3 aromatic rings. The zero-order chi connectivity index (χ0) is 17.1. The SMILES string of the molecule is Cc1oc(-c2cccs2)nc1CC(=O)NC(C)c1ccc(Cl)cc1. The molecule has 0 saturated carbocycles. The van der Waals surface area contributed by atoms with E-state index in [-0.39, 0.29) is 18.4 Å². The third-order valence-electron chi connectivity index (χ3n) is 3.70. The molecule has 3 rings (SSSR count). The molecule has 0 aliphatic carbocycles. The lowest BCUT2D eigenvalue weighted by Gasteiger charge is -2.14. The van der Waals surface area contributed by atoms with Crippen LogP contribution in [0.4, 0.5) is 0 Å². The number of hydrogen-bond acceptors (Lipinski definition) is 4. The Balaban J connectivity index is 1.65. The van der Waals surface area contributed by atoms with Crippen molar-refractivity contribution in [1.29, 1.82) is 0 Å². The maximum absolute atomic E-state index is 12.3. The van der Waals surface area contributed by atoms with Crippen LogP contribution < -0.4 is 5.32 Å². The minimum atomic E-state index is -0.0984. The van der Waals surface area contributed by atoms with Crippen molar-refractivity contribution in [3.8, 4) is 10.8 Å². The quantitative estimate of drug-likeness (QED) is 0.712. The maximum Gasteiger partial charge on any atom is 0.236 e. The standard InChI is InChI=1S/C18H17ClN2O2S/c1-11(13-5-7-14(19)8-6-13)20-17(22)10-15-12(2)23-18(21-15)16-4-3-9-24-16/h3-9,11H,10H2,1-2H3,(H,20,22). The molecule has 6 heteroatoms. The number of amides is 1. The molecule has 1 N–H and O–H groups in total. The van der Waals surface area contributed by atoms with Crippen LogP contribution in [-0.2, 0) is 11.2 Å². The van der Waals surface area contributed by atoms with Crippen LogP contribution in [0.2, 0.25) is 5.02 Å². The lowest BCUT2D eigenvalue weighted by atomic mass is 10.1. The number of oxazole rings is 1. The molecule has 124 valence electrons. The van der Waals surface area contributed by atoms with Crippen LogP contribution in [0, 0.1) is 6.92 Å². The number of benzene rings is 1. The number of nitrogens with one attached hydrogen (secondary N) is 1. The van der Waals surface area contributed by atoms with Gasteiger partial charge in [0.15, 0.2) is 0 Å². The van der Waals surface area contributed by atoms with E-state index in [0.29, 0.717) is 22.4 Å². The van der Waals surface area contributed by atoms with Crippen molar-refractivity contribution in [2.45, 2.75) is 26.3 Å². The van der Waals surface area contributed by atoms with Gasteiger partial charge in [-0.25, -0.2) is 4.98 Å². The molecule has 0 fully saturated rings.